The molecule has 1 fully saturated rings. The highest BCUT2D eigenvalue weighted by molar-refractivity contribution is 5.95. The molecule has 1 amide bonds. The Balaban J connectivity index is 1.89. The molecule has 0 unspecified atom stereocenters. The predicted molar refractivity (Wildman–Crippen MR) is 77.1 cm³/mol. The first-order valence-electron chi connectivity index (χ1n) is 7.52. The van der Waals surface area contributed by atoms with E-state index in [-0.39, 0.29) is 12.3 Å². The minimum Gasteiger partial charge on any atom is -0.453 e. The summed E-state index contributed by atoms with van der Waals surface area (Å²) in [5.74, 6) is -5.55. The molecule has 0 aliphatic heterocycles. The van der Waals surface area contributed by atoms with Gasteiger partial charge >= 0.3 is 5.97 Å². The zero-order valence-electron chi connectivity index (χ0n) is 12.7. The van der Waals surface area contributed by atoms with E-state index in [0.717, 1.165) is 31.7 Å². The molecule has 1 aromatic rings. The first kappa shape index (κ1) is 17.3. The Morgan fingerprint density at radius 1 is 1.22 bits per heavy atom. The van der Waals surface area contributed by atoms with Gasteiger partial charge in [0.2, 0.25) is 0 Å². The van der Waals surface area contributed by atoms with Gasteiger partial charge in [0.1, 0.15) is 0 Å². The van der Waals surface area contributed by atoms with Gasteiger partial charge in [0, 0.05) is 6.42 Å². The van der Waals surface area contributed by atoms with Crippen LogP contribution < -0.4 is 5.32 Å². The summed E-state index contributed by atoms with van der Waals surface area (Å²) in [6.07, 6.45) is 3.20. The van der Waals surface area contributed by atoms with Gasteiger partial charge in [-0.05, 0) is 37.8 Å². The van der Waals surface area contributed by atoms with E-state index in [0.29, 0.717) is 6.07 Å². The van der Waals surface area contributed by atoms with E-state index in [1.807, 2.05) is 0 Å². The second kappa shape index (κ2) is 7.48. The maximum atomic E-state index is 13.5. The minimum atomic E-state index is -1.67. The molecular formula is C16H18F3NO3. The molecule has 1 N–H and O–H groups in total. The fourth-order valence-electron chi connectivity index (χ4n) is 2.61. The van der Waals surface area contributed by atoms with Gasteiger partial charge < -0.3 is 10.1 Å². The molecular weight excluding hydrogens is 311 g/mol. The number of hydrogen-bond donors (Lipinski definition) is 1. The molecule has 1 aliphatic carbocycles. The second-order valence-corrected chi connectivity index (χ2v) is 5.70. The quantitative estimate of drug-likeness (QED) is 0.664. The lowest BCUT2D eigenvalue weighted by atomic mass is 10.0. The van der Waals surface area contributed by atoms with E-state index >= 15 is 0 Å². The third-order valence-electron chi connectivity index (χ3n) is 3.90. The molecule has 126 valence electrons. The third kappa shape index (κ3) is 4.46. The number of nitrogens with one attached hydrogen (secondary N) is 1. The molecule has 1 aromatic carbocycles. The van der Waals surface area contributed by atoms with E-state index in [9.17, 15) is 22.8 Å². The first-order chi connectivity index (χ1) is 10.9. The van der Waals surface area contributed by atoms with Crippen LogP contribution in [0.25, 0.3) is 0 Å². The summed E-state index contributed by atoms with van der Waals surface area (Å²) in [5, 5.41) is 2.08. The van der Waals surface area contributed by atoms with E-state index in [1.54, 1.807) is 0 Å². The highest BCUT2D eigenvalue weighted by Gasteiger charge is 2.24. The van der Waals surface area contributed by atoms with Crippen LogP contribution in [0, 0.1) is 23.4 Å². The van der Waals surface area contributed by atoms with Gasteiger partial charge in [0.05, 0.1) is 5.69 Å². The topological polar surface area (TPSA) is 55.4 Å². The number of carbonyl (C=O) groups is 2. The highest BCUT2D eigenvalue weighted by atomic mass is 19.2. The Kier molecular flexibility index (Phi) is 5.63. The highest BCUT2D eigenvalue weighted by Crippen LogP contribution is 2.28. The third-order valence-corrected chi connectivity index (χ3v) is 3.90. The number of benzene rings is 1. The van der Waals surface area contributed by atoms with Gasteiger partial charge in [-0.1, -0.05) is 12.8 Å². The van der Waals surface area contributed by atoms with Crippen LogP contribution in [0.2, 0.25) is 0 Å². The van der Waals surface area contributed by atoms with E-state index in [4.69, 9.17) is 4.74 Å². The summed E-state index contributed by atoms with van der Waals surface area (Å²) in [6, 6.07) is 1.60. The first-order valence-corrected chi connectivity index (χ1v) is 7.52. The van der Waals surface area contributed by atoms with Crippen molar-refractivity contribution in [2.45, 2.75) is 45.1 Å². The summed E-state index contributed by atoms with van der Waals surface area (Å²) < 4.78 is 44.4. The lowest BCUT2D eigenvalue weighted by Gasteiger charge is -2.15. The number of ether oxygens (including phenoxy) is 1. The molecule has 0 saturated heterocycles. The molecule has 23 heavy (non-hydrogen) atoms. The number of esters is 1. The lowest BCUT2D eigenvalue weighted by Crippen LogP contribution is -2.30. The number of hydrogen-bond acceptors (Lipinski definition) is 3. The predicted octanol–water partition coefficient (Wildman–Crippen LogP) is 3.55. The van der Waals surface area contributed by atoms with Gasteiger partial charge in [0.15, 0.2) is 23.6 Å². The molecule has 1 aliphatic rings. The van der Waals surface area contributed by atoms with Crippen molar-refractivity contribution in [3.05, 3.63) is 29.6 Å². The van der Waals surface area contributed by atoms with Crippen molar-refractivity contribution in [1.82, 2.24) is 0 Å². The van der Waals surface area contributed by atoms with Crippen molar-refractivity contribution < 1.29 is 27.5 Å². The number of amides is 1. The van der Waals surface area contributed by atoms with Crippen LogP contribution in [-0.4, -0.2) is 18.0 Å². The van der Waals surface area contributed by atoms with Crippen molar-refractivity contribution in [2.75, 3.05) is 5.32 Å². The molecule has 1 saturated carbocycles. The number of anilines is 1. The van der Waals surface area contributed by atoms with Crippen molar-refractivity contribution in [2.24, 2.45) is 5.92 Å². The molecule has 0 bridgehead atoms. The Morgan fingerprint density at radius 3 is 2.52 bits per heavy atom. The van der Waals surface area contributed by atoms with Crippen LogP contribution in [-0.2, 0) is 14.3 Å². The standard InChI is InChI=1S/C16H18F3NO3/c1-9(23-13(21)8-10-4-2-3-5-10)16(22)20-12-7-6-11(17)14(18)15(12)19/h6-7,9-10H,2-5,8H2,1H3,(H,20,22)/t9-/m0/s1. The number of halogens is 3. The van der Waals surface area contributed by atoms with Crippen LogP contribution in [0.15, 0.2) is 12.1 Å². The number of rotatable bonds is 5. The van der Waals surface area contributed by atoms with Crippen LogP contribution in [0.1, 0.15) is 39.0 Å². The molecule has 0 radical (unpaired) electrons. The summed E-state index contributed by atoms with van der Waals surface area (Å²) in [4.78, 5) is 23.6. The van der Waals surface area contributed by atoms with Gasteiger partial charge in [-0.15, -0.1) is 0 Å². The van der Waals surface area contributed by atoms with Crippen molar-refractivity contribution in [3.63, 3.8) is 0 Å². The van der Waals surface area contributed by atoms with Crippen LogP contribution >= 0.6 is 0 Å². The second-order valence-electron chi connectivity index (χ2n) is 5.70. The van der Waals surface area contributed by atoms with Gasteiger partial charge in [-0.2, -0.15) is 0 Å². The van der Waals surface area contributed by atoms with Crippen LogP contribution in [0.3, 0.4) is 0 Å². The molecule has 0 heterocycles. The largest absolute Gasteiger partial charge is 0.453 e. The SMILES string of the molecule is C[C@H](OC(=O)CC1CCCC1)C(=O)Nc1ccc(F)c(F)c1F. The molecule has 2 rings (SSSR count). The van der Waals surface area contributed by atoms with Crippen LogP contribution in [0.4, 0.5) is 18.9 Å². The van der Waals surface area contributed by atoms with E-state index in [1.165, 1.54) is 6.92 Å². The average molecular weight is 329 g/mol. The monoisotopic (exact) mass is 329 g/mol. The van der Waals surface area contributed by atoms with Crippen molar-refractivity contribution in [1.29, 1.82) is 0 Å². The molecule has 0 aromatic heterocycles. The van der Waals surface area contributed by atoms with Crippen LogP contribution in [0.5, 0.6) is 0 Å². The zero-order chi connectivity index (χ0) is 17.0. The maximum absolute atomic E-state index is 13.5. The maximum Gasteiger partial charge on any atom is 0.306 e. The van der Waals surface area contributed by atoms with Crippen molar-refractivity contribution in [3.8, 4) is 0 Å². The molecule has 7 heteroatoms. The van der Waals surface area contributed by atoms with Gasteiger partial charge in [-0.25, -0.2) is 13.2 Å². The number of carbonyl (C=O) groups excluding carboxylic acids is 2. The van der Waals surface area contributed by atoms with Gasteiger partial charge in [-0.3, -0.25) is 9.59 Å². The molecule has 4 nitrogen and oxygen atoms in total. The summed E-state index contributed by atoms with van der Waals surface area (Å²) in [5.41, 5.74) is -0.507. The minimum absolute atomic E-state index is 0.247. The normalized spacial score (nSPS) is 16.2. The van der Waals surface area contributed by atoms with Gasteiger partial charge in [0.25, 0.3) is 5.91 Å². The summed E-state index contributed by atoms with van der Waals surface area (Å²) >= 11 is 0. The van der Waals surface area contributed by atoms with E-state index < -0.39 is 41.1 Å². The van der Waals surface area contributed by atoms with E-state index in [2.05, 4.69) is 5.32 Å². The zero-order valence-corrected chi connectivity index (χ0v) is 12.7. The Morgan fingerprint density at radius 2 is 1.87 bits per heavy atom. The molecule has 0 spiro atoms. The lowest BCUT2D eigenvalue weighted by molar-refractivity contribution is -0.154. The fraction of sp³-hybridized carbons (Fsp3) is 0.500. The average Bonchev–Trinajstić information content (AvgIpc) is 3.00. The molecule has 1 atom stereocenters. The smallest absolute Gasteiger partial charge is 0.306 e. The summed E-state index contributed by atoms with van der Waals surface area (Å²) in [6.45, 7) is 1.33. The van der Waals surface area contributed by atoms with Crippen molar-refractivity contribution >= 4 is 17.6 Å². The Bertz CT molecular complexity index is 600. The Labute approximate surface area is 132 Å². The summed E-state index contributed by atoms with van der Waals surface area (Å²) in [7, 11) is 0. The fourth-order valence-corrected chi connectivity index (χ4v) is 2.61. The Hall–Kier alpha value is -2.05.